The van der Waals surface area contributed by atoms with Crippen molar-refractivity contribution in [3.63, 3.8) is 0 Å². The molecule has 1 fully saturated rings. The third-order valence-corrected chi connectivity index (χ3v) is 7.63. The molecule has 38 heavy (non-hydrogen) atoms. The van der Waals surface area contributed by atoms with Gasteiger partial charge in [-0.25, -0.2) is 4.72 Å². The molecule has 2 heterocycles. The van der Waals surface area contributed by atoms with Crippen molar-refractivity contribution in [3.05, 3.63) is 59.2 Å². The lowest BCUT2D eigenvalue weighted by Gasteiger charge is -2.36. The van der Waals surface area contributed by atoms with Crippen molar-refractivity contribution >= 4 is 27.9 Å². The normalized spacial score (nSPS) is 15.8. The molecule has 4 rings (SSSR count). The highest BCUT2D eigenvalue weighted by Crippen LogP contribution is 2.32. The summed E-state index contributed by atoms with van der Waals surface area (Å²) in [5.41, 5.74) is 7.61. The van der Waals surface area contributed by atoms with Gasteiger partial charge in [-0.3, -0.25) is 15.0 Å². The van der Waals surface area contributed by atoms with Gasteiger partial charge in [0.25, 0.3) is 10.2 Å². The monoisotopic (exact) mass is 544 g/mol. The minimum atomic E-state index is -4.05. The number of amidine groups is 1. The van der Waals surface area contributed by atoms with Gasteiger partial charge >= 0.3 is 0 Å². The van der Waals surface area contributed by atoms with Crippen molar-refractivity contribution in [1.82, 2.24) is 19.2 Å². The van der Waals surface area contributed by atoms with Gasteiger partial charge in [0.05, 0.1) is 0 Å². The number of fused-ring (bicyclic) bond motifs is 1. The van der Waals surface area contributed by atoms with E-state index in [9.17, 15) is 18.0 Å². The van der Waals surface area contributed by atoms with E-state index >= 15 is 0 Å². The number of benzene rings is 2. The number of nitrogens with two attached hydrogens (primary N) is 1. The van der Waals surface area contributed by atoms with Crippen molar-refractivity contribution in [3.8, 4) is 11.5 Å². The number of piperazine rings is 1. The third kappa shape index (κ3) is 7.00. The first-order chi connectivity index (χ1) is 18.1. The zero-order valence-corrected chi connectivity index (χ0v) is 21.9. The van der Waals surface area contributed by atoms with Crippen LogP contribution in [0.15, 0.2) is 42.5 Å². The Morgan fingerprint density at radius 3 is 2.45 bits per heavy atom. The molecule has 204 valence electrons. The van der Waals surface area contributed by atoms with E-state index in [4.69, 9.17) is 20.6 Å². The minimum absolute atomic E-state index is 0.0654. The smallest absolute Gasteiger partial charge is 0.277 e. The molecule has 0 bridgehead atoms. The van der Waals surface area contributed by atoms with Crippen molar-refractivity contribution in [1.29, 1.82) is 5.41 Å². The molecule has 2 amide bonds. The Bertz CT molecular complexity index is 1310. The van der Waals surface area contributed by atoms with Crippen LogP contribution in [0, 0.1) is 5.41 Å². The molecular weight excluding hydrogens is 512 g/mol. The zero-order chi connectivity index (χ0) is 27.3. The van der Waals surface area contributed by atoms with Crippen LogP contribution in [0.1, 0.15) is 23.6 Å². The number of nitrogen functional groups attached to an aromatic ring is 1. The summed E-state index contributed by atoms with van der Waals surface area (Å²) in [5.74, 6) is 0.688. The standard InChI is InChI=1S/C25H32N6O6S/c1-17(32)30-9-11-31(12-10-30)25(33)21(14-19-3-2-4-20(13-19)24(26)27)29-38(34,35)28-8-7-18-5-6-22-23(15-18)37-16-36-22/h2-6,13,15,21,28-29H,7-12,14,16H2,1H3,(H3,26,27). The summed E-state index contributed by atoms with van der Waals surface area (Å²) in [6.45, 7) is 3.12. The molecule has 1 saturated heterocycles. The fourth-order valence-corrected chi connectivity index (χ4v) is 5.41. The predicted molar refractivity (Wildman–Crippen MR) is 140 cm³/mol. The number of nitrogens with zero attached hydrogens (tertiary/aromatic N) is 2. The van der Waals surface area contributed by atoms with Gasteiger partial charge in [0.15, 0.2) is 11.5 Å². The van der Waals surface area contributed by atoms with E-state index in [1.807, 2.05) is 6.07 Å². The third-order valence-electron chi connectivity index (χ3n) is 6.45. The maximum atomic E-state index is 13.5. The molecule has 12 nitrogen and oxygen atoms in total. The maximum absolute atomic E-state index is 13.5. The lowest BCUT2D eigenvalue weighted by atomic mass is 10.0. The summed E-state index contributed by atoms with van der Waals surface area (Å²) in [5, 5.41) is 7.68. The Kier molecular flexibility index (Phi) is 8.49. The second-order valence-electron chi connectivity index (χ2n) is 9.16. The van der Waals surface area contributed by atoms with Gasteiger partial charge in [0.2, 0.25) is 18.6 Å². The highest BCUT2D eigenvalue weighted by Gasteiger charge is 2.31. The molecule has 0 radical (unpaired) electrons. The number of ether oxygens (including phenoxy) is 2. The molecule has 0 aromatic heterocycles. The van der Waals surface area contributed by atoms with Crippen LogP contribution in [0.4, 0.5) is 0 Å². The van der Waals surface area contributed by atoms with Gasteiger partial charge in [0, 0.05) is 45.2 Å². The number of rotatable bonds is 10. The number of hydrogen-bond donors (Lipinski definition) is 4. The van der Waals surface area contributed by atoms with E-state index in [-0.39, 0.29) is 37.4 Å². The molecular formula is C25H32N6O6S. The molecule has 2 aromatic carbocycles. The molecule has 2 aromatic rings. The summed E-state index contributed by atoms with van der Waals surface area (Å²) in [6, 6.07) is 11.1. The number of carbonyl (C=O) groups excluding carboxylic acids is 2. The summed E-state index contributed by atoms with van der Waals surface area (Å²) in [6.07, 6.45) is 0.472. The first-order valence-electron chi connectivity index (χ1n) is 12.2. The van der Waals surface area contributed by atoms with Crippen LogP contribution < -0.4 is 24.7 Å². The summed E-state index contributed by atoms with van der Waals surface area (Å²) in [7, 11) is -4.05. The molecule has 0 saturated carbocycles. The lowest BCUT2D eigenvalue weighted by molar-refractivity contribution is -0.139. The number of carbonyl (C=O) groups is 2. The van der Waals surface area contributed by atoms with Crippen LogP contribution in [0.2, 0.25) is 0 Å². The van der Waals surface area contributed by atoms with Gasteiger partial charge in [-0.15, -0.1) is 0 Å². The molecule has 1 unspecified atom stereocenters. The quantitative estimate of drug-likeness (QED) is 0.241. The average molecular weight is 545 g/mol. The summed E-state index contributed by atoms with van der Waals surface area (Å²) >= 11 is 0. The van der Waals surface area contributed by atoms with E-state index in [1.165, 1.54) is 6.92 Å². The van der Waals surface area contributed by atoms with Crippen molar-refractivity contribution in [2.75, 3.05) is 39.5 Å². The zero-order valence-electron chi connectivity index (χ0n) is 21.1. The fraction of sp³-hybridized carbons (Fsp3) is 0.400. The highest BCUT2D eigenvalue weighted by atomic mass is 32.2. The fourth-order valence-electron chi connectivity index (χ4n) is 4.40. The second kappa shape index (κ2) is 11.8. The predicted octanol–water partition coefficient (Wildman–Crippen LogP) is -0.0321. The van der Waals surface area contributed by atoms with Gasteiger partial charge in [0.1, 0.15) is 11.9 Å². The second-order valence-corrected chi connectivity index (χ2v) is 10.7. The van der Waals surface area contributed by atoms with E-state index in [1.54, 1.807) is 46.2 Å². The van der Waals surface area contributed by atoms with E-state index in [2.05, 4.69) is 9.44 Å². The Hall–Kier alpha value is -3.68. The van der Waals surface area contributed by atoms with Crippen LogP contribution in [0.3, 0.4) is 0 Å². The number of hydrogen-bond acceptors (Lipinski definition) is 7. The molecule has 1 atom stereocenters. The number of nitrogens with one attached hydrogen (secondary N) is 3. The Balaban J connectivity index is 1.43. The van der Waals surface area contributed by atoms with Crippen LogP contribution in [0.25, 0.3) is 0 Å². The van der Waals surface area contributed by atoms with Crippen LogP contribution in [-0.2, 0) is 32.6 Å². The van der Waals surface area contributed by atoms with Crippen molar-refractivity contribution in [2.45, 2.75) is 25.8 Å². The molecule has 2 aliphatic heterocycles. The Morgan fingerprint density at radius 1 is 1.03 bits per heavy atom. The van der Waals surface area contributed by atoms with Crippen LogP contribution >= 0.6 is 0 Å². The topological polar surface area (TPSA) is 167 Å². The molecule has 0 spiro atoms. The van der Waals surface area contributed by atoms with E-state index in [0.29, 0.717) is 55.2 Å². The molecule has 2 aliphatic rings. The summed E-state index contributed by atoms with van der Waals surface area (Å²) in [4.78, 5) is 28.3. The first kappa shape index (κ1) is 27.4. The molecule has 5 N–H and O–H groups in total. The van der Waals surface area contributed by atoms with Gasteiger partial charge in [-0.1, -0.05) is 24.3 Å². The first-order valence-corrected chi connectivity index (χ1v) is 13.7. The Morgan fingerprint density at radius 2 is 1.74 bits per heavy atom. The van der Waals surface area contributed by atoms with E-state index in [0.717, 1.165) is 5.56 Å². The van der Waals surface area contributed by atoms with Crippen LogP contribution in [0.5, 0.6) is 11.5 Å². The maximum Gasteiger partial charge on any atom is 0.277 e. The van der Waals surface area contributed by atoms with Crippen LogP contribution in [-0.4, -0.2) is 81.4 Å². The lowest BCUT2D eigenvalue weighted by Crippen LogP contribution is -2.57. The largest absolute Gasteiger partial charge is 0.454 e. The highest BCUT2D eigenvalue weighted by molar-refractivity contribution is 7.87. The summed E-state index contributed by atoms with van der Waals surface area (Å²) < 4.78 is 41.6. The van der Waals surface area contributed by atoms with Crippen molar-refractivity contribution < 1.29 is 27.5 Å². The van der Waals surface area contributed by atoms with E-state index < -0.39 is 16.3 Å². The Labute approximate surface area is 221 Å². The SMILES string of the molecule is CC(=O)N1CCN(C(=O)C(Cc2cccc(C(=N)N)c2)NS(=O)(=O)NCCc2ccc3c(c2)OCO3)CC1. The van der Waals surface area contributed by atoms with Gasteiger partial charge in [-0.05, 0) is 42.2 Å². The average Bonchev–Trinajstić information content (AvgIpc) is 3.36. The van der Waals surface area contributed by atoms with Gasteiger partial charge in [-0.2, -0.15) is 13.1 Å². The minimum Gasteiger partial charge on any atom is -0.454 e. The number of amides is 2. The molecule has 0 aliphatic carbocycles. The van der Waals surface area contributed by atoms with Crippen molar-refractivity contribution in [2.24, 2.45) is 5.73 Å². The van der Waals surface area contributed by atoms with Gasteiger partial charge < -0.3 is 25.0 Å². The molecule has 13 heteroatoms.